The van der Waals surface area contributed by atoms with E-state index in [2.05, 4.69) is 29.4 Å². The Morgan fingerprint density at radius 3 is 2.75 bits per heavy atom. The standard InChI is InChI=1S/C16H33N3O/c1-6-9-19-10-7-8-14(11-19)13(2)18-12-16(3,4)15(20)17-5/h13-14,18H,6-12H2,1-5H3,(H,17,20). The molecule has 1 fully saturated rings. The van der Waals surface area contributed by atoms with Gasteiger partial charge in [-0.1, -0.05) is 6.92 Å². The highest BCUT2D eigenvalue weighted by atomic mass is 16.2. The smallest absolute Gasteiger partial charge is 0.226 e. The minimum Gasteiger partial charge on any atom is -0.359 e. The van der Waals surface area contributed by atoms with Crippen molar-refractivity contribution in [1.29, 1.82) is 0 Å². The van der Waals surface area contributed by atoms with Crippen molar-refractivity contribution in [1.82, 2.24) is 15.5 Å². The SMILES string of the molecule is CCCN1CCCC(C(C)NCC(C)(C)C(=O)NC)C1. The molecule has 0 aromatic carbocycles. The number of hydrogen-bond donors (Lipinski definition) is 2. The predicted octanol–water partition coefficient (Wildman–Crippen LogP) is 1.86. The van der Waals surface area contributed by atoms with Gasteiger partial charge in [0, 0.05) is 26.2 Å². The maximum absolute atomic E-state index is 11.8. The van der Waals surface area contributed by atoms with Gasteiger partial charge < -0.3 is 15.5 Å². The molecular weight excluding hydrogens is 250 g/mol. The third-order valence-electron chi connectivity index (χ3n) is 4.50. The average molecular weight is 283 g/mol. The van der Waals surface area contributed by atoms with Crippen LogP contribution in [0.1, 0.15) is 47.0 Å². The van der Waals surface area contributed by atoms with Gasteiger partial charge in [0.15, 0.2) is 0 Å². The molecule has 4 nitrogen and oxygen atoms in total. The number of hydrogen-bond acceptors (Lipinski definition) is 3. The summed E-state index contributed by atoms with van der Waals surface area (Å²) in [6.45, 7) is 12.9. The van der Waals surface area contributed by atoms with Gasteiger partial charge >= 0.3 is 0 Å². The lowest BCUT2D eigenvalue weighted by atomic mass is 9.88. The number of carbonyl (C=O) groups is 1. The Bertz CT molecular complexity index is 302. The lowest BCUT2D eigenvalue weighted by Crippen LogP contribution is -2.49. The second-order valence-electron chi connectivity index (χ2n) is 6.84. The minimum absolute atomic E-state index is 0.105. The third kappa shape index (κ3) is 5.06. The molecule has 2 unspecified atom stereocenters. The van der Waals surface area contributed by atoms with Crippen LogP contribution in [0.2, 0.25) is 0 Å². The molecule has 0 saturated carbocycles. The molecule has 0 aromatic heterocycles. The first-order valence-electron chi connectivity index (χ1n) is 8.08. The fraction of sp³-hybridized carbons (Fsp3) is 0.938. The second-order valence-corrected chi connectivity index (χ2v) is 6.84. The molecule has 4 heteroatoms. The predicted molar refractivity (Wildman–Crippen MR) is 84.8 cm³/mol. The highest BCUT2D eigenvalue weighted by molar-refractivity contribution is 5.81. The Morgan fingerprint density at radius 2 is 2.15 bits per heavy atom. The molecule has 0 bridgehead atoms. The molecule has 2 N–H and O–H groups in total. The molecule has 0 spiro atoms. The van der Waals surface area contributed by atoms with Crippen LogP contribution in [0.5, 0.6) is 0 Å². The summed E-state index contributed by atoms with van der Waals surface area (Å²) in [5, 5.41) is 6.33. The molecule has 1 aliphatic rings. The zero-order chi connectivity index (χ0) is 15.2. The molecule has 1 aliphatic heterocycles. The largest absolute Gasteiger partial charge is 0.359 e. The highest BCUT2D eigenvalue weighted by Crippen LogP contribution is 2.21. The summed E-state index contributed by atoms with van der Waals surface area (Å²) in [6, 6.07) is 0.471. The normalized spacial score (nSPS) is 22.6. The van der Waals surface area contributed by atoms with E-state index in [4.69, 9.17) is 0 Å². The van der Waals surface area contributed by atoms with Gasteiger partial charge in [-0.15, -0.1) is 0 Å². The monoisotopic (exact) mass is 283 g/mol. The van der Waals surface area contributed by atoms with Gasteiger partial charge in [-0.05, 0) is 59.0 Å². The van der Waals surface area contributed by atoms with Gasteiger partial charge in [-0.25, -0.2) is 0 Å². The first-order valence-corrected chi connectivity index (χ1v) is 8.08. The van der Waals surface area contributed by atoms with Crippen LogP contribution in [0.25, 0.3) is 0 Å². The summed E-state index contributed by atoms with van der Waals surface area (Å²) in [7, 11) is 1.71. The molecule has 1 saturated heterocycles. The molecule has 20 heavy (non-hydrogen) atoms. The molecule has 0 aliphatic carbocycles. The van der Waals surface area contributed by atoms with Gasteiger partial charge in [0.2, 0.25) is 5.91 Å². The van der Waals surface area contributed by atoms with E-state index in [-0.39, 0.29) is 11.3 Å². The van der Waals surface area contributed by atoms with Crippen molar-refractivity contribution < 1.29 is 4.79 Å². The van der Waals surface area contributed by atoms with E-state index in [1.165, 1.54) is 38.9 Å². The lowest BCUT2D eigenvalue weighted by molar-refractivity contribution is -0.128. The Kier molecular flexibility index (Phi) is 6.96. The van der Waals surface area contributed by atoms with Crippen LogP contribution in [-0.2, 0) is 4.79 Å². The van der Waals surface area contributed by atoms with Crippen molar-refractivity contribution in [3.8, 4) is 0 Å². The van der Waals surface area contributed by atoms with Crippen LogP contribution >= 0.6 is 0 Å². The summed E-state index contributed by atoms with van der Waals surface area (Å²) >= 11 is 0. The molecule has 1 amide bonds. The maximum atomic E-state index is 11.8. The molecular formula is C16H33N3O. The Labute approximate surface area is 124 Å². The third-order valence-corrected chi connectivity index (χ3v) is 4.50. The zero-order valence-corrected chi connectivity index (χ0v) is 14.0. The van der Waals surface area contributed by atoms with E-state index in [1.807, 2.05) is 13.8 Å². The molecule has 0 radical (unpaired) electrons. The van der Waals surface area contributed by atoms with Crippen molar-refractivity contribution >= 4 is 5.91 Å². The first-order chi connectivity index (χ1) is 9.40. The van der Waals surface area contributed by atoms with Gasteiger partial charge in [0.25, 0.3) is 0 Å². The van der Waals surface area contributed by atoms with Crippen molar-refractivity contribution in [3.63, 3.8) is 0 Å². The number of nitrogens with one attached hydrogen (secondary N) is 2. The van der Waals surface area contributed by atoms with Crippen LogP contribution in [0, 0.1) is 11.3 Å². The van der Waals surface area contributed by atoms with Gasteiger partial charge in [-0.2, -0.15) is 0 Å². The van der Waals surface area contributed by atoms with E-state index in [0.717, 1.165) is 6.54 Å². The Hall–Kier alpha value is -0.610. The maximum Gasteiger partial charge on any atom is 0.226 e. The second kappa shape index (κ2) is 7.99. The van der Waals surface area contributed by atoms with E-state index < -0.39 is 0 Å². The molecule has 118 valence electrons. The number of amides is 1. The lowest BCUT2D eigenvalue weighted by Gasteiger charge is -2.37. The van der Waals surface area contributed by atoms with Gasteiger partial charge in [0.05, 0.1) is 5.41 Å². The number of carbonyl (C=O) groups excluding carboxylic acids is 1. The van der Waals surface area contributed by atoms with E-state index in [0.29, 0.717) is 12.0 Å². The number of nitrogens with zero attached hydrogens (tertiary/aromatic N) is 1. The average Bonchev–Trinajstić information content (AvgIpc) is 2.44. The van der Waals surface area contributed by atoms with Gasteiger partial charge in [-0.3, -0.25) is 4.79 Å². The Balaban J connectivity index is 2.42. The molecule has 2 atom stereocenters. The fourth-order valence-electron chi connectivity index (χ4n) is 3.02. The number of rotatable bonds is 7. The quantitative estimate of drug-likeness (QED) is 0.749. The summed E-state index contributed by atoms with van der Waals surface area (Å²) in [5.41, 5.74) is -0.346. The van der Waals surface area contributed by atoms with E-state index in [9.17, 15) is 4.79 Å². The van der Waals surface area contributed by atoms with Crippen LogP contribution in [-0.4, -0.2) is 50.1 Å². The van der Waals surface area contributed by atoms with Crippen LogP contribution in [0.15, 0.2) is 0 Å². The van der Waals surface area contributed by atoms with Crippen molar-refractivity contribution in [3.05, 3.63) is 0 Å². The highest BCUT2D eigenvalue weighted by Gasteiger charge is 2.29. The van der Waals surface area contributed by atoms with Crippen molar-refractivity contribution in [2.45, 2.75) is 53.0 Å². The molecule has 0 aromatic rings. The summed E-state index contributed by atoms with van der Waals surface area (Å²) < 4.78 is 0. The van der Waals surface area contributed by atoms with Crippen molar-refractivity contribution in [2.75, 3.05) is 33.2 Å². The molecule has 1 heterocycles. The molecule has 1 rings (SSSR count). The minimum atomic E-state index is -0.346. The number of piperidine rings is 1. The van der Waals surface area contributed by atoms with Crippen LogP contribution < -0.4 is 10.6 Å². The fourth-order valence-corrected chi connectivity index (χ4v) is 3.02. The summed E-state index contributed by atoms with van der Waals surface area (Å²) in [5.74, 6) is 0.809. The topological polar surface area (TPSA) is 44.4 Å². The van der Waals surface area contributed by atoms with Gasteiger partial charge in [0.1, 0.15) is 0 Å². The zero-order valence-electron chi connectivity index (χ0n) is 14.0. The van der Waals surface area contributed by atoms with E-state index >= 15 is 0 Å². The Morgan fingerprint density at radius 1 is 1.45 bits per heavy atom. The van der Waals surface area contributed by atoms with Crippen LogP contribution in [0.4, 0.5) is 0 Å². The first kappa shape index (κ1) is 17.4. The van der Waals surface area contributed by atoms with Crippen molar-refractivity contribution in [2.24, 2.45) is 11.3 Å². The summed E-state index contributed by atoms with van der Waals surface area (Å²) in [6.07, 6.45) is 3.84. The van der Waals surface area contributed by atoms with E-state index in [1.54, 1.807) is 7.05 Å². The van der Waals surface area contributed by atoms with Crippen LogP contribution in [0.3, 0.4) is 0 Å². The number of likely N-dealkylation sites (tertiary alicyclic amines) is 1. The summed E-state index contributed by atoms with van der Waals surface area (Å²) in [4.78, 5) is 14.4.